The molecule has 0 saturated heterocycles. The van der Waals surface area contributed by atoms with E-state index in [0.717, 1.165) is 54.1 Å². The number of nitrogens with zero attached hydrogens (tertiary/aromatic N) is 5. The Morgan fingerprint density at radius 2 is 2.09 bits per heavy atom. The van der Waals surface area contributed by atoms with Crippen molar-refractivity contribution in [1.29, 1.82) is 0 Å². The number of carbonyl (C=O) groups excluding carboxylic acids is 1. The summed E-state index contributed by atoms with van der Waals surface area (Å²) in [6, 6.07) is 8.47. The number of carbonyl (C=O) groups is 1. The van der Waals surface area contributed by atoms with E-state index in [1.54, 1.807) is 24.5 Å². The number of allylic oxidation sites excluding steroid dienone is 1. The number of aryl methyl sites for hydroxylation is 2. The summed E-state index contributed by atoms with van der Waals surface area (Å²) in [6.45, 7) is 5.76. The van der Waals surface area contributed by atoms with Crippen LogP contribution in [0.25, 0.3) is 17.2 Å². The lowest BCUT2D eigenvalue weighted by atomic mass is 10.1. The van der Waals surface area contributed by atoms with Gasteiger partial charge in [0.2, 0.25) is 0 Å². The van der Waals surface area contributed by atoms with Crippen molar-refractivity contribution in [3.63, 3.8) is 0 Å². The highest BCUT2D eigenvalue weighted by Gasteiger charge is 2.27. The number of benzene rings is 1. The number of imidazole rings is 2. The molecule has 1 atom stereocenters. The third-order valence-electron chi connectivity index (χ3n) is 6.80. The average molecular weight is 469 g/mol. The lowest BCUT2D eigenvalue weighted by Crippen LogP contribution is -2.16. The second-order valence-electron chi connectivity index (χ2n) is 9.25. The molecule has 6 rings (SSSR count). The summed E-state index contributed by atoms with van der Waals surface area (Å²) in [5, 5.41) is 2.75. The first-order chi connectivity index (χ1) is 17.0. The van der Waals surface area contributed by atoms with Gasteiger partial charge in [-0.3, -0.25) is 4.79 Å². The first-order valence-corrected chi connectivity index (χ1v) is 11.8. The normalized spacial score (nSPS) is 16.8. The van der Waals surface area contributed by atoms with Gasteiger partial charge < -0.3 is 14.5 Å². The maximum atomic E-state index is 14.8. The molecule has 1 unspecified atom stereocenters. The second-order valence-corrected chi connectivity index (χ2v) is 9.25. The molecule has 1 aliphatic heterocycles. The van der Waals surface area contributed by atoms with Gasteiger partial charge in [-0.2, -0.15) is 0 Å². The van der Waals surface area contributed by atoms with Crippen LogP contribution in [-0.4, -0.2) is 30.0 Å². The fourth-order valence-electron chi connectivity index (χ4n) is 4.77. The van der Waals surface area contributed by atoms with Crippen molar-refractivity contribution < 1.29 is 9.18 Å². The van der Waals surface area contributed by atoms with Gasteiger partial charge >= 0.3 is 0 Å². The minimum absolute atomic E-state index is 0.0482. The molecule has 8 heteroatoms. The molecule has 1 amide bonds. The highest BCUT2D eigenvalue weighted by Crippen LogP contribution is 2.39. The molecule has 4 aromatic rings. The van der Waals surface area contributed by atoms with Crippen molar-refractivity contribution in [2.45, 2.75) is 44.6 Å². The molecule has 0 spiro atoms. The zero-order valence-electron chi connectivity index (χ0n) is 19.4. The number of nitrogens with one attached hydrogen (secondary N) is 1. The minimum Gasteiger partial charge on any atom is -0.320 e. The van der Waals surface area contributed by atoms with E-state index in [4.69, 9.17) is 0 Å². The van der Waals surface area contributed by atoms with E-state index >= 15 is 0 Å². The third kappa shape index (κ3) is 3.84. The average Bonchev–Trinajstić information content (AvgIpc) is 3.25. The molecule has 0 bridgehead atoms. The lowest BCUT2D eigenvalue weighted by Gasteiger charge is -2.13. The number of rotatable bonds is 6. The Bertz CT molecular complexity index is 1460. The Balaban J connectivity index is 1.28. The zero-order valence-corrected chi connectivity index (χ0v) is 19.4. The predicted octanol–water partition coefficient (Wildman–Crippen LogP) is 5.38. The molecule has 1 aromatic carbocycles. The summed E-state index contributed by atoms with van der Waals surface area (Å²) in [5.74, 6) is 0.429. The van der Waals surface area contributed by atoms with Crippen LogP contribution in [0.3, 0.4) is 0 Å². The molecule has 1 N–H and O–H groups in total. The summed E-state index contributed by atoms with van der Waals surface area (Å²) >= 11 is 0. The Morgan fingerprint density at radius 1 is 1.23 bits per heavy atom. The van der Waals surface area contributed by atoms with Crippen LogP contribution >= 0.6 is 0 Å². The molecule has 1 saturated carbocycles. The van der Waals surface area contributed by atoms with E-state index < -0.39 is 11.7 Å². The monoisotopic (exact) mass is 468 g/mol. The molecule has 2 aliphatic rings. The molecule has 35 heavy (non-hydrogen) atoms. The van der Waals surface area contributed by atoms with Gasteiger partial charge in [-0.05, 0) is 62.4 Å². The van der Waals surface area contributed by atoms with Crippen LogP contribution in [0.15, 0.2) is 61.7 Å². The van der Waals surface area contributed by atoms with Crippen LogP contribution in [0, 0.1) is 12.7 Å². The Labute approximate surface area is 202 Å². The highest BCUT2D eigenvalue weighted by atomic mass is 19.1. The molecule has 0 radical (unpaired) electrons. The van der Waals surface area contributed by atoms with E-state index in [1.165, 1.54) is 6.07 Å². The molecular formula is C27H25FN6O. The van der Waals surface area contributed by atoms with Crippen LogP contribution in [0.5, 0.6) is 0 Å². The van der Waals surface area contributed by atoms with Gasteiger partial charge in [0, 0.05) is 24.0 Å². The van der Waals surface area contributed by atoms with Crippen molar-refractivity contribution in [2.75, 3.05) is 5.32 Å². The number of pyridine rings is 1. The topological polar surface area (TPSA) is 77.6 Å². The summed E-state index contributed by atoms with van der Waals surface area (Å²) in [5.41, 5.74) is 4.21. The van der Waals surface area contributed by atoms with Gasteiger partial charge in [0.25, 0.3) is 5.91 Å². The van der Waals surface area contributed by atoms with E-state index in [0.29, 0.717) is 17.4 Å². The summed E-state index contributed by atoms with van der Waals surface area (Å²) in [4.78, 5) is 26.7. The van der Waals surface area contributed by atoms with E-state index in [1.807, 2.05) is 36.0 Å². The van der Waals surface area contributed by atoms with Gasteiger partial charge in [0.05, 0.1) is 29.3 Å². The number of amides is 1. The number of anilines is 1. The molecule has 1 fully saturated rings. The standard InChI is InChI=1S/C27H25FN6O/c1-3-18-9-10-19-13-29-26(34(18)19)22-5-4-6-25(31-22)32-27(35)20-12-24(16(2)11-21(20)28)33-14-23(30-15-33)17-7-8-17/h3-6,11-15,17-18H,1,7-10H2,2H3,(H,31,32,35). The number of aromatic nitrogens is 5. The van der Waals surface area contributed by atoms with Crippen molar-refractivity contribution >= 4 is 11.7 Å². The van der Waals surface area contributed by atoms with Crippen molar-refractivity contribution in [1.82, 2.24) is 24.1 Å². The van der Waals surface area contributed by atoms with Crippen LogP contribution in [0.4, 0.5) is 10.2 Å². The van der Waals surface area contributed by atoms with Crippen LogP contribution < -0.4 is 5.32 Å². The third-order valence-corrected chi connectivity index (χ3v) is 6.80. The molecule has 3 aromatic heterocycles. The smallest absolute Gasteiger partial charge is 0.259 e. The van der Waals surface area contributed by atoms with Crippen molar-refractivity contribution in [3.8, 4) is 17.2 Å². The Kier molecular flexibility index (Phi) is 5.09. The lowest BCUT2D eigenvalue weighted by molar-refractivity contribution is 0.102. The molecular weight excluding hydrogens is 443 g/mol. The first kappa shape index (κ1) is 21.5. The Morgan fingerprint density at radius 3 is 2.89 bits per heavy atom. The molecule has 176 valence electrons. The van der Waals surface area contributed by atoms with E-state index in [-0.39, 0.29) is 11.6 Å². The molecule has 1 aliphatic carbocycles. The van der Waals surface area contributed by atoms with Gasteiger partial charge in [-0.25, -0.2) is 19.3 Å². The SMILES string of the molecule is C=CC1CCc2cnc(-c3cccc(NC(=O)c4cc(-n5cnc(C6CC6)c5)c(C)cc4F)n3)n21. The van der Waals surface area contributed by atoms with Gasteiger partial charge in [-0.15, -0.1) is 6.58 Å². The zero-order chi connectivity index (χ0) is 24.1. The minimum atomic E-state index is -0.581. The summed E-state index contributed by atoms with van der Waals surface area (Å²) in [6.07, 6.45) is 11.7. The van der Waals surface area contributed by atoms with Crippen LogP contribution in [0.2, 0.25) is 0 Å². The maximum absolute atomic E-state index is 14.8. The summed E-state index contributed by atoms with van der Waals surface area (Å²) < 4.78 is 18.8. The van der Waals surface area contributed by atoms with Gasteiger partial charge in [0.15, 0.2) is 5.82 Å². The van der Waals surface area contributed by atoms with Gasteiger partial charge in [-0.1, -0.05) is 12.1 Å². The fourth-order valence-corrected chi connectivity index (χ4v) is 4.77. The first-order valence-electron chi connectivity index (χ1n) is 11.8. The van der Waals surface area contributed by atoms with Crippen LogP contribution in [0.1, 0.15) is 58.5 Å². The number of hydrogen-bond acceptors (Lipinski definition) is 4. The number of fused-ring (bicyclic) bond motifs is 1. The number of halogens is 1. The second kappa shape index (κ2) is 8.30. The van der Waals surface area contributed by atoms with Crippen molar-refractivity contribution in [3.05, 3.63) is 90.0 Å². The largest absolute Gasteiger partial charge is 0.320 e. The molecule has 7 nitrogen and oxygen atoms in total. The number of hydrogen-bond donors (Lipinski definition) is 1. The fraction of sp³-hybridized carbons (Fsp3) is 0.259. The van der Waals surface area contributed by atoms with E-state index in [2.05, 4.69) is 31.4 Å². The van der Waals surface area contributed by atoms with Gasteiger partial charge in [0.1, 0.15) is 17.3 Å². The molecule has 4 heterocycles. The van der Waals surface area contributed by atoms with Crippen molar-refractivity contribution in [2.24, 2.45) is 0 Å². The van der Waals surface area contributed by atoms with Crippen LogP contribution in [-0.2, 0) is 6.42 Å². The quantitative estimate of drug-likeness (QED) is 0.385. The van der Waals surface area contributed by atoms with E-state index in [9.17, 15) is 9.18 Å². The highest BCUT2D eigenvalue weighted by molar-refractivity contribution is 6.04. The Hall–Kier alpha value is -4.07. The predicted molar refractivity (Wildman–Crippen MR) is 131 cm³/mol. The summed E-state index contributed by atoms with van der Waals surface area (Å²) in [7, 11) is 0. The maximum Gasteiger partial charge on any atom is 0.259 e.